The lowest BCUT2D eigenvalue weighted by molar-refractivity contribution is 0.415. The van der Waals surface area contributed by atoms with Gasteiger partial charge in [-0.05, 0) is 53.6 Å². The molecule has 0 aliphatic heterocycles. The van der Waals surface area contributed by atoms with Crippen LogP contribution in [0.5, 0.6) is 5.75 Å². The molecule has 0 radical (unpaired) electrons. The summed E-state index contributed by atoms with van der Waals surface area (Å²) in [6.45, 7) is 2.16. The Kier molecular flexibility index (Phi) is 3.33. The van der Waals surface area contributed by atoms with Crippen LogP contribution in [0.25, 0.3) is 10.8 Å². The van der Waals surface area contributed by atoms with E-state index in [2.05, 4.69) is 42.7 Å². The van der Waals surface area contributed by atoms with Crippen molar-refractivity contribution in [3.05, 3.63) is 66.5 Å². The van der Waals surface area contributed by atoms with Crippen molar-refractivity contribution in [3.8, 4) is 5.75 Å². The van der Waals surface area contributed by atoms with Crippen LogP contribution in [0.4, 0.5) is 0 Å². The number of fused-ring (bicyclic) bond motifs is 1. The summed E-state index contributed by atoms with van der Waals surface area (Å²) < 4.78 is 7.23. The third-order valence-electron chi connectivity index (χ3n) is 3.52. The van der Waals surface area contributed by atoms with Crippen molar-refractivity contribution in [2.24, 2.45) is 0 Å². The number of nitrogens with one attached hydrogen (secondary N) is 1. The van der Waals surface area contributed by atoms with Gasteiger partial charge in [0, 0.05) is 12.4 Å². The van der Waals surface area contributed by atoms with Gasteiger partial charge in [-0.2, -0.15) is 0 Å². The summed E-state index contributed by atoms with van der Waals surface area (Å²) in [7, 11) is 1.69. The SMILES string of the molecule is COc1ccc2cc(C(C)Nn3cccc3)ccc2c1. The molecule has 3 nitrogen and oxygen atoms in total. The molecule has 3 heteroatoms. The van der Waals surface area contributed by atoms with E-state index in [0.717, 1.165) is 5.75 Å². The number of methoxy groups -OCH3 is 1. The zero-order valence-corrected chi connectivity index (χ0v) is 11.7. The average molecular weight is 266 g/mol. The normalized spacial score (nSPS) is 12.3. The van der Waals surface area contributed by atoms with Gasteiger partial charge in [0.05, 0.1) is 13.2 Å². The highest BCUT2D eigenvalue weighted by Gasteiger charge is 2.06. The van der Waals surface area contributed by atoms with E-state index in [1.165, 1.54) is 16.3 Å². The lowest BCUT2D eigenvalue weighted by atomic mass is 10.0. The van der Waals surface area contributed by atoms with E-state index in [0.29, 0.717) is 0 Å². The second-order valence-corrected chi connectivity index (χ2v) is 4.91. The van der Waals surface area contributed by atoms with E-state index in [1.807, 2.05) is 35.3 Å². The summed E-state index contributed by atoms with van der Waals surface area (Å²) in [5, 5.41) is 2.42. The third-order valence-corrected chi connectivity index (χ3v) is 3.52. The molecule has 1 aromatic heterocycles. The van der Waals surface area contributed by atoms with Crippen molar-refractivity contribution in [1.82, 2.24) is 4.68 Å². The fourth-order valence-corrected chi connectivity index (χ4v) is 2.36. The van der Waals surface area contributed by atoms with Gasteiger partial charge in [0.2, 0.25) is 0 Å². The molecule has 1 N–H and O–H groups in total. The number of hydrogen-bond donors (Lipinski definition) is 1. The standard InChI is InChI=1S/C17H18N2O/c1-13(18-19-9-3-4-10-19)14-5-6-16-12-17(20-2)8-7-15(16)11-14/h3-13,18H,1-2H3. The largest absolute Gasteiger partial charge is 0.497 e. The van der Waals surface area contributed by atoms with Gasteiger partial charge in [-0.15, -0.1) is 0 Å². The maximum atomic E-state index is 5.25. The fourth-order valence-electron chi connectivity index (χ4n) is 2.36. The molecule has 20 heavy (non-hydrogen) atoms. The first-order chi connectivity index (χ1) is 9.76. The van der Waals surface area contributed by atoms with E-state index >= 15 is 0 Å². The molecule has 1 atom stereocenters. The highest BCUT2D eigenvalue weighted by atomic mass is 16.5. The Balaban J connectivity index is 1.88. The van der Waals surface area contributed by atoms with Gasteiger partial charge in [-0.1, -0.05) is 18.2 Å². The number of ether oxygens (including phenoxy) is 1. The van der Waals surface area contributed by atoms with Crippen molar-refractivity contribution in [3.63, 3.8) is 0 Å². The van der Waals surface area contributed by atoms with Crippen LogP contribution in [0.3, 0.4) is 0 Å². The Morgan fingerprint density at radius 3 is 2.45 bits per heavy atom. The minimum absolute atomic E-state index is 0.244. The summed E-state index contributed by atoms with van der Waals surface area (Å²) in [4.78, 5) is 0. The zero-order valence-electron chi connectivity index (χ0n) is 11.7. The molecule has 0 saturated carbocycles. The average Bonchev–Trinajstić information content (AvgIpc) is 2.99. The van der Waals surface area contributed by atoms with Gasteiger partial charge in [0.25, 0.3) is 0 Å². The van der Waals surface area contributed by atoms with Crippen LogP contribution in [0.2, 0.25) is 0 Å². The third kappa shape index (κ3) is 2.48. The van der Waals surface area contributed by atoms with Gasteiger partial charge in [-0.25, -0.2) is 0 Å². The first kappa shape index (κ1) is 12.6. The Morgan fingerprint density at radius 1 is 1.00 bits per heavy atom. The lowest BCUT2D eigenvalue weighted by Crippen LogP contribution is -2.16. The molecule has 0 aliphatic carbocycles. The Bertz CT molecular complexity index is 704. The van der Waals surface area contributed by atoms with Crippen molar-refractivity contribution >= 4 is 10.8 Å². The van der Waals surface area contributed by atoms with Crippen molar-refractivity contribution in [1.29, 1.82) is 0 Å². The summed E-state index contributed by atoms with van der Waals surface area (Å²) in [6.07, 6.45) is 4.00. The van der Waals surface area contributed by atoms with Gasteiger partial charge in [0.15, 0.2) is 0 Å². The van der Waals surface area contributed by atoms with Crippen LogP contribution in [-0.4, -0.2) is 11.8 Å². The van der Waals surface area contributed by atoms with E-state index in [1.54, 1.807) is 7.11 Å². The van der Waals surface area contributed by atoms with Gasteiger partial charge in [-0.3, -0.25) is 4.68 Å². The summed E-state index contributed by atoms with van der Waals surface area (Å²) >= 11 is 0. The van der Waals surface area contributed by atoms with Crippen LogP contribution in [0, 0.1) is 0 Å². The Hall–Kier alpha value is -2.42. The predicted octanol–water partition coefficient (Wildman–Crippen LogP) is 3.95. The van der Waals surface area contributed by atoms with E-state index in [-0.39, 0.29) is 6.04 Å². The second kappa shape index (κ2) is 5.29. The van der Waals surface area contributed by atoms with Crippen molar-refractivity contribution in [2.75, 3.05) is 12.5 Å². The number of nitrogens with zero attached hydrogens (tertiary/aromatic N) is 1. The molecule has 0 spiro atoms. The maximum Gasteiger partial charge on any atom is 0.119 e. The zero-order chi connectivity index (χ0) is 13.9. The first-order valence-corrected chi connectivity index (χ1v) is 6.73. The van der Waals surface area contributed by atoms with E-state index in [9.17, 15) is 0 Å². The van der Waals surface area contributed by atoms with Gasteiger partial charge < -0.3 is 10.2 Å². The van der Waals surface area contributed by atoms with Gasteiger partial charge in [0.1, 0.15) is 5.75 Å². The monoisotopic (exact) mass is 266 g/mol. The predicted molar refractivity (Wildman–Crippen MR) is 82.7 cm³/mol. The minimum Gasteiger partial charge on any atom is -0.497 e. The van der Waals surface area contributed by atoms with E-state index < -0.39 is 0 Å². The lowest BCUT2D eigenvalue weighted by Gasteiger charge is -2.17. The Labute approximate surface area is 118 Å². The molecule has 1 heterocycles. The number of hydrogen-bond acceptors (Lipinski definition) is 2. The fraction of sp³-hybridized carbons (Fsp3) is 0.176. The minimum atomic E-state index is 0.244. The maximum absolute atomic E-state index is 5.25. The smallest absolute Gasteiger partial charge is 0.119 e. The molecule has 102 valence electrons. The molecule has 0 aliphatic rings. The van der Waals surface area contributed by atoms with Crippen LogP contribution >= 0.6 is 0 Å². The topological polar surface area (TPSA) is 26.2 Å². The van der Waals surface area contributed by atoms with E-state index in [4.69, 9.17) is 4.74 Å². The van der Waals surface area contributed by atoms with Crippen LogP contribution in [0.1, 0.15) is 18.5 Å². The molecule has 0 saturated heterocycles. The van der Waals surface area contributed by atoms with Crippen LogP contribution in [-0.2, 0) is 0 Å². The van der Waals surface area contributed by atoms with Crippen molar-refractivity contribution < 1.29 is 4.74 Å². The summed E-state index contributed by atoms with van der Waals surface area (Å²) in [5.74, 6) is 0.892. The number of benzene rings is 2. The molecule has 2 aromatic carbocycles. The second-order valence-electron chi connectivity index (χ2n) is 4.91. The van der Waals surface area contributed by atoms with Crippen molar-refractivity contribution in [2.45, 2.75) is 13.0 Å². The van der Waals surface area contributed by atoms with Crippen LogP contribution < -0.4 is 10.2 Å². The molecular weight excluding hydrogens is 248 g/mol. The summed E-state index contributed by atoms with van der Waals surface area (Å²) in [6, 6.07) is 16.9. The quantitative estimate of drug-likeness (QED) is 0.773. The highest BCUT2D eigenvalue weighted by Crippen LogP contribution is 2.24. The van der Waals surface area contributed by atoms with Gasteiger partial charge >= 0.3 is 0 Å². The molecule has 0 bridgehead atoms. The Morgan fingerprint density at radius 2 is 1.70 bits per heavy atom. The molecule has 3 aromatic rings. The molecule has 1 unspecified atom stereocenters. The number of aromatic nitrogens is 1. The molecule has 0 amide bonds. The molecular formula is C17H18N2O. The first-order valence-electron chi connectivity index (χ1n) is 6.73. The number of rotatable bonds is 4. The molecule has 0 fully saturated rings. The molecule has 3 rings (SSSR count). The van der Waals surface area contributed by atoms with Crippen LogP contribution in [0.15, 0.2) is 60.9 Å². The summed E-state index contributed by atoms with van der Waals surface area (Å²) in [5.41, 5.74) is 4.68. The highest BCUT2D eigenvalue weighted by molar-refractivity contribution is 5.84.